The Labute approximate surface area is 174 Å². The number of nitrogens with zero attached hydrogens (tertiary/aromatic N) is 2. The molecule has 8 nitrogen and oxygen atoms in total. The third-order valence-corrected chi connectivity index (χ3v) is 5.59. The van der Waals surface area contributed by atoms with Crippen molar-refractivity contribution in [2.75, 3.05) is 18.4 Å². The van der Waals surface area contributed by atoms with Crippen LogP contribution < -0.4 is 21.7 Å². The first-order valence-corrected chi connectivity index (χ1v) is 10.5. The van der Waals surface area contributed by atoms with Gasteiger partial charge < -0.3 is 21.7 Å². The lowest BCUT2D eigenvalue weighted by molar-refractivity contribution is 0.0940. The highest BCUT2D eigenvalue weighted by atomic mass is 32.1. The predicted molar refractivity (Wildman–Crippen MR) is 114 cm³/mol. The number of thiophene rings is 1. The zero-order chi connectivity index (χ0) is 20.8. The number of urea groups is 1. The van der Waals surface area contributed by atoms with E-state index in [9.17, 15) is 9.59 Å². The van der Waals surface area contributed by atoms with Gasteiger partial charge in [0.1, 0.15) is 4.88 Å². The second kappa shape index (κ2) is 9.58. The molecule has 1 saturated heterocycles. The number of hydrogen-bond acceptors (Lipinski definition) is 5. The molecule has 9 heteroatoms. The lowest BCUT2D eigenvalue weighted by Gasteiger charge is -2.16. The molecule has 0 aliphatic carbocycles. The highest BCUT2D eigenvalue weighted by Gasteiger charge is 2.21. The van der Waals surface area contributed by atoms with Crippen molar-refractivity contribution in [2.24, 2.45) is 5.73 Å². The Hall–Kier alpha value is -2.83. The van der Waals surface area contributed by atoms with Gasteiger partial charge in [-0.1, -0.05) is 18.3 Å². The molecule has 2 aromatic heterocycles. The molecule has 29 heavy (non-hydrogen) atoms. The van der Waals surface area contributed by atoms with E-state index in [4.69, 9.17) is 5.73 Å². The average molecular weight is 415 g/mol. The van der Waals surface area contributed by atoms with Crippen molar-refractivity contribution >= 4 is 29.0 Å². The summed E-state index contributed by atoms with van der Waals surface area (Å²) in [5.74, 6) is 5.87. The number of nitrogens with one attached hydrogen (secondary N) is 3. The third kappa shape index (κ3) is 5.82. The maximum Gasteiger partial charge on any atom is 0.316 e. The molecule has 1 aliphatic rings. The van der Waals surface area contributed by atoms with Gasteiger partial charge in [0.05, 0.1) is 22.3 Å². The molecule has 1 fully saturated rings. The van der Waals surface area contributed by atoms with E-state index in [0.29, 0.717) is 15.4 Å². The van der Waals surface area contributed by atoms with Crippen LogP contribution in [0.25, 0.3) is 0 Å². The number of carbonyl (C=O) groups excluding carboxylic acids is 2. The Morgan fingerprint density at radius 1 is 1.38 bits per heavy atom. The lowest BCUT2D eigenvalue weighted by atomic mass is 10.1. The molecule has 154 valence electrons. The van der Waals surface area contributed by atoms with Crippen LogP contribution in [-0.4, -0.2) is 40.9 Å². The summed E-state index contributed by atoms with van der Waals surface area (Å²) in [5.41, 5.74) is 6.43. The first kappa shape index (κ1) is 20.9. The van der Waals surface area contributed by atoms with Gasteiger partial charge in [0.15, 0.2) is 0 Å². The first-order chi connectivity index (χ1) is 13.9. The second-order valence-electron chi connectivity index (χ2n) is 7.27. The molecule has 3 amide bonds. The molecule has 5 N–H and O–H groups in total. The summed E-state index contributed by atoms with van der Waals surface area (Å²) in [5, 5.41) is 13.2. The van der Waals surface area contributed by atoms with Crippen LogP contribution in [-0.2, 0) is 0 Å². The maximum atomic E-state index is 12.8. The minimum absolute atomic E-state index is 0.0601. The molecule has 2 aromatic rings. The summed E-state index contributed by atoms with van der Waals surface area (Å²) in [6.07, 6.45) is 6.67. The summed E-state index contributed by atoms with van der Waals surface area (Å²) in [4.78, 5) is 25.2. The van der Waals surface area contributed by atoms with E-state index in [2.05, 4.69) is 32.9 Å². The normalized spacial score (nSPS) is 16.6. The number of hydrogen-bond donors (Lipinski definition) is 4. The van der Waals surface area contributed by atoms with E-state index in [1.807, 2.05) is 24.7 Å². The molecule has 0 radical (unpaired) electrons. The molecular formula is C20H26N6O2S. The number of nitrogens with two attached hydrogens (primary N) is 1. The molecule has 1 atom stereocenters. The lowest BCUT2D eigenvalue weighted by Crippen LogP contribution is -2.40. The smallest absolute Gasteiger partial charge is 0.316 e. The fourth-order valence-corrected chi connectivity index (χ4v) is 3.93. The number of amides is 3. The largest absolute Gasteiger partial charge is 0.351 e. The standard InChI is InChI=1S/C20H26N6O2S/c1-13(2)26-12-14(10-23-26)6-7-16-9-17(25-20(21)28)18(29-16)19(27)24-15-5-3-4-8-22-11-15/h9-10,12-13,15,22H,3-5,8,11H2,1-2H3,(H,24,27)(H3,21,25,28). The van der Waals surface area contributed by atoms with Crippen molar-refractivity contribution in [3.63, 3.8) is 0 Å². The van der Waals surface area contributed by atoms with Gasteiger partial charge in [0, 0.05) is 24.8 Å². The Balaban J connectivity index is 1.79. The van der Waals surface area contributed by atoms with Gasteiger partial charge in [-0.3, -0.25) is 9.48 Å². The van der Waals surface area contributed by atoms with Crippen LogP contribution in [0.15, 0.2) is 18.5 Å². The fraction of sp³-hybridized carbons (Fsp3) is 0.450. The van der Waals surface area contributed by atoms with Crippen LogP contribution in [0.4, 0.5) is 10.5 Å². The van der Waals surface area contributed by atoms with E-state index in [0.717, 1.165) is 37.9 Å². The summed E-state index contributed by atoms with van der Waals surface area (Å²) in [6.45, 7) is 5.79. The van der Waals surface area contributed by atoms with Gasteiger partial charge in [-0.05, 0) is 39.3 Å². The van der Waals surface area contributed by atoms with Crippen LogP contribution in [0.2, 0.25) is 0 Å². The molecule has 0 spiro atoms. The molecular weight excluding hydrogens is 388 g/mol. The van der Waals surface area contributed by atoms with Gasteiger partial charge in [-0.2, -0.15) is 5.10 Å². The summed E-state index contributed by atoms with van der Waals surface area (Å²) in [7, 11) is 0. The average Bonchev–Trinajstić information content (AvgIpc) is 3.21. The fourth-order valence-electron chi connectivity index (χ4n) is 3.06. The highest BCUT2D eigenvalue weighted by molar-refractivity contribution is 7.15. The second-order valence-corrected chi connectivity index (χ2v) is 8.32. The van der Waals surface area contributed by atoms with Gasteiger partial charge in [0.25, 0.3) is 5.91 Å². The van der Waals surface area contributed by atoms with Gasteiger partial charge in [-0.25, -0.2) is 4.79 Å². The van der Waals surface area contributed by atoms with Gasteiger partial charge >= 0.3 is 6.03 Å². The number of carbonyl (C=O) groups is 2. The van der Waals surface area contributed by atoms with Crippen molar-refractivity contribution in [1.29, 1.82) is 0 Å². The molecule has 0 aromatic carbocycles. The number of aromatic nitrogens is 2. The maximum absolute atomic E-state index is 12.8. The molecule has 0 saturated carbocycles. The zero-order valence-corrected chi connectivity index (χ0v) is 17.4. The predicted octanol–water partition coefficient (Wildman–Crippen LogP) is 2.29. The van der Waals surface area contributed by atoms with Crippen LogP contribution in [0.1, 0.15) is 59.3 Å². The van der Waals surface area contributed by atoms with Crippen molar-refractivity contribution in [3.05, 3.63) is 33.8 Å². The van der Waals surface area contributed by atoms with Crippen molar-refractivity contribution in [3.8, 4) is 11.8 Å². The SMILES string of the molecule is CC(C)n1cc(C#Cc2cc(NC(N)=O)c(C(=O)NC3CCCCNC3)s2)cn1. The topological polar surface area (TPSA) is 114 Å². The highest BCUT2D eigenvalue weighted by Crippen LogP contribution is 2.27. The molecule has 3 heterocycles. The van der Waals surface area contributed by atoms with Crippen molar-refractivity contribution in [1.82, 2.24) is 20.4 Å². The molecule has 1 aliphatic heterocycles. The quantitative estimate of drug-likeness (QED) is 0.575. The summed E-state index contributed by atoms with van der Waals surface area (Å²) >= 11 is 1.23. The molecule has 1 unspecified atom stereocenters. The minimum Gasteiger partial charge on any atom is -0.351 e. The van der Waals surface area contributed by atoms with Crippen LogP contribution in [0.5, 0.6) is 0 Å². The first-order valence-electron chi connectivity index (χ1n) is 9.70. The van der Waals surface area contributed by atoms with E-state index >= 15 is 0 Å². The van der Waals surface area contributed by atoms with E-state index in [-0.39, 0.29) is 18.0 Å². The number of anilines is 1. The molecule has 3 rings (SSSR count). The number of rotatable bonds is 4. The van der Waals surface area contributed by atoms with Crippen LogP contribution in [0, 0.1) is 11.8 Å². The van der Waals surface area contributed by atoms with Gasteiger partial charge in [-0.15, -0.1) is 11.3 Å². The molecule has 0 bridgehead atoms. The summed E-state index contributed by atoms with van der Waals surface area (Å²) in [6, 6.07) is 1.28. The minimum atomic E-state index is -0.717. The van der Waals surface area contributed by atoms with Crippen molar-refractivity contribution in [2.45, 2.75) is 45.2 Å². The van der Waals surface area contributed by atoms with E-state index in [1.54, 1.807) is 12.3 Å². The summed E-state index contributed by atoms with van der Waals surface area (Å²) < 4.78 is 1.83. The van der Waals surface area contributed by atoms with E-state index < -0.39 is 6.03 Å². The third-order valence-electron chi connectivity index (χ3n) is 4.54. The monoisotopic (exact) mass is 414 g/mol. The zero-order valence-electron chi connectivity index (χ0n) is 16.6. The Kier molecular flexibility index (Phi) is 6.90. The number of primary amides is 1. The van der Waals surface area contributed by atoms with E-state index in [1.165, 1.54) is 11.3 Å². The Morgan fingerprint density at radius 3 is 2.93 bits per heavy atom. The van der Waals surface area contributed by atoms with Gasteiger partial charge in [0.2, 0.25) is 0 Å². The van der Waals surface area contributed by atoms with Crippen molar-refractivity contribution < 1.29 is 9.59 Å². The Bertz CT molecular complexity index is 928. The Morgan fingerprint density at radius 2 is 2.21 bits per heavy atom. The van der Waals surface area contributed by atoms with Crippen LogP contribution >= 0.6 is 11.3 Å². The van der Waals surface area contributed by atoms with Crippen LogP contribution in [0.3, 0.4) is 0 Å².